The second-order valence-electron chi connectivity index (χ2n) is 5.03. The van der Waals surface area contributed by atoms with Crippen molar-refractivity contribution in [3.8, 4) is 0 Å². The van der Waals surface area contributed by atoms with Crippen LogP contribution < -0.4 is 10.6 Å². The van der Waals surface area contributed by atoms with E-state index in [0.29, 0.717) is 24.5 Å². The summed E-state index contributed by atoms with van der Waals surface area (Å²) in [5.74, 6) is -1.03. The first-order chi connectivity index (χ1) is 10.0. The molecule has 1 fully saturated rings. The Bertz CT molecular complexity index is 508. The van der Waals surface area contributed by atoms with Crippen molar-refractivity contribution in [3.05, 3.63) is 16.1 Å². The first-order valence-corrected chi connectivity index (χ1v) is 7.67. The normalized spacial score (nSPS) is 16.0. The molecule has 0 aliphatic heterocycles. The summed E-state index contributed by atoms with van der Waals surface area (Å²) in [4.78, 5) is 26.3. The fraction of sp³-hybridized carbons (Fsp3) is 0.615. The van der Waals surface area contributed by atoms with Gasteiger partial charge in [0.1, 0.15) is 0 Å². The molecule has 1 aromatic heterocycles. The molecule has 2 amide bonds. The van der Waals surface area contributed by atoms with Gasteiger partial charge in [-0.1, -0.05) is 0 Å². The summed E-state index contributed by atoms with van der Waals surface area (Å²) >= 11 is 1.28. The predicted molar refractivity (Wildman–Crippen MR) is 77.8 cm³/mol. The van der Waals surface area contributed by atoms with Crippen molar-refractivity contribution in [2.45, 2.75) is 31.3 Å². The summed E-state index contributed by atoms with van der Waals surface area (Å²) in [6.07, 6.45) is 3.59. The van der Waals surface area contributed by atoms with Crippen LogP contribution in [0.15, 0.2) is 5.38 Å². The maximum absolute atomic E-state index is 11.7. The number of rotatable bonds is 7. The highest BCUT2D eigenvalue weighted by atomic mass is 32.1. The monoisotopic (exact) mass is 313 g/mol. The van der Waals surface area contributed by atoms with Crippen molar-refractivity contribution in [3.63, 3.8) is 0 Å². The van der Waals surface area contributed by atoms with E-state index in [2.05, 4.69) is 15.6 Å². The van der Waals surface area contributed by atoms with Gasteiger partial charge in [-0.3, -0.25) is 0 Å². The topological polar surface area (TPSA) is 101 Å². The zero-order chi connectivity index (χ0) is 15.3. The number of thiazole rings is 1. The van der Waals surface area contributed by atoms with Crippen LogP contribution in [-0.4, -0.2) is 47.9 Å². The average Bonchev–Trinajstić information content (AvgIpc) is 2.87. The minimum Gasteiger partial charge on any atom is -0.476 e. The number of nitrogens with zero attached hydrogens (tertiary/aromatic N) is 1. The lowest BCUT2D eigenvalue weighted by molar-refractivity contribution is -0.0673. The van der Waals surface area contributed by atoms with Crippen LogP contribution in [0, 0.1) is 0 Å². The summed E-state index contributed by atoms with van der Waals surface area (Å²) in [7, 11) is 1.67. The molecule has 0 radical (unpaired) electrons. The van der Waals surface area contributed by atoms with E-state index < -0.39 is 5.97 Å². The van der Waals surface area contributed by atoms with Crippen molar-refractivity contribution in [2.24, 2.45) is 0 Å². The van der Waals surface area contributed by atoms with Gasteiger partial charge in [0.25, 0.3) is 0 Å². The van der Waals surface area contributed by atoms with E-state index in [9.17, 15) is 9.59 Å². The fourth-order valence-electron chi connectivity index (χ4n) is 2.13. The van der Waals surface area contributed by atoms with Gasteiger partial charge in [0.2, 0.25) is 0 Å². The van der Waals surface area contributed by atoms with Crippen LogP contribution in [0.4, 0.5) is 4.79 Å². The van der Waals surface area contributed by atoms with Gasteiger partial charge in [0.05, 0.1) is 10.6 Å². The van der Waals surface area contributed by atoms with Crippen LogP contribution in [0.5, 0.6) is 0 Å². The second kappa shape index (κ2) is 6.86. The van der Waals surface area contributed by atoms with Crippen molar-refractivity contribution >= 4 is 23.3 Å². The molecule has 0 atom stereocenters. The maximum atomic E-state index is 11.7. The van der Waals surface area contributed by atoms with E-state index in [1.165, 1.54) is 16.7 Å². The third kappa shape index (κ3) is 4.15. The molecule has 0 bridgehead atoms. The van der Waals surface area contributed by atoms with E-state index in [-0.39, 0.29) is 17.3 Å². The quantitative estimate of drug-likeness (QED) is 0.703. The third-order valence-corrected chi connectivity index (χ3v) is 4.57. The van der Waals surface area contributed by atoms with Gasteiger partial charge in [0.15, 0.2) is 5.69 Å². The highest BCUT2D eigenvalue weighted by Gasteiger charge is 2.37. The van der Waals surface area contributed by atoms with E-state index in [1.807, 2.05) is 0 Å². The summed E-state index contributed by atoms with van der Waals surface area (Å²) in [6, 6.07) is -0.242. The van der Waals surface area contributed by atoms with Gasteiger partial charge in [-0.15, -0.1) is 11.3 Å². The summed E-state index contributed by atoms with van der Waals surface area (Å²) in [6.45, 7) is 0.925. The van der Waals surface area contributed by atoms with Crippen LogP contribution in [-0.2, 0) is 11.2 Å². The van der Waals surface area contributed by atoms with E-state index >= 15 is 0 Å². The molecule has 1 aromatic rings. The number of hydrogen-bond acceptors (Lipinski definition) is 5. The van der Waals surface area contributed by atoms with E-state index in [4.69, 9.17) is 9.84 Å². The minimum absolute atomic E-state index is 0.0477. The minimum atomic E-state index is -1.03. The number of nitrogens with one attached hydrogen (secondary N) is 2. The van der Waals surface area contributed by atoms with Crippen LogP contribution in [0.1, 0.15) is 34.8 Å². The molecule has 7 nitrogen and oxygen atoms in total. The lowest BCUT2D eigenvalue weighted by Gasteiger charge is -2.40. The van der Waals surface area contributed by atoms with Gasteiger partial charge in [-0.25, -0.2) is 14.6 Å². The Kier molecular flexibility index (Phi) is 5.13. The highest BCUT2D eigenvalue weighted by molar-refractivity contribution is 7.09. The van der Waals surface area contributed by atoms with Crippen molar-refractivity contribution in [1.29, 1.82) is 0 Å². The molecule has 0 unspecified atom stereocenters. The van der Waals surface area contributed by atoms with Crippen molar-refractivity contribution < 1.29 is 19.4 Å². The number of carboxylic acids is 1. The number of carbonyl (C=O) groups is 2. The number of ether oxygens (including phenoxy) is 1. The SMILES string of the molecule is COC1(CNC(=O)NCCc2nc(C(=O)O)cs2)CCC1. The summed E-state index contributed by atoms with van der Waals surface area (Å²) in [5.41, 5.74) is -0.144. The lowest BCUT2D eigenvalue weighted by atomic mass is 9.80. The van der Waals surface area contributed by atoms with Gasteiger partial charge in [-0.05, 0) is 19.3 Å². The number of carbonyl (C=O) groups excluding carboxylic acids is 1. The molecule has 1 saturated carbocycles. The lowest BCUT2D eigenvalue weighted by Crippen LogP contribution is -2.51. The zero-order valence-electron chi connectivity index (χ0n) is 11.8. The molecule has 1 aliphatic carbocycles. The van der Waals surface area contributed by atoms with E-state index in [0.717, 1.165) is 19.3 Å². The van der Waals surface area contributed by atoms with Gasteiger partial charge < -0.3 is 20.5 Å². The molecule has 116 valence electrons. The molecule has 8 heteroatoms. The average molecular weight is 313 g/mol. The number of amides is 2. The molecule has 21 heavy (non-hydrogen) atoms. The number of urea groups is 1. The fourth-order valence-corrected chi connectivity index (χ4v) is 2.91. The Morgan fingerprint density at radius 3 is 2.76 bits per heavy atom. The van der Waals surface area contributed by atoms with Crippen LogP contribution >= 0.6 is 11.3 Å². The number of hydrogen-bond donors (Lipinski definition) is 3. The molecular weight excluding hydrogens is 294 g/mol. The number of carboxylic acid groups (broad SMARTS) is 1. The molecule has 2 rings (SSSR count). The van der Waals surface area contributed by atoms with Gasteiger partial charge in [0, 0.05) is 32.0 Å². The number of aromatic nitrogens is 1. The van der Waals surface area contributed by atoms with Crippen LogP contribution in [0.25, 0.3) is 0 Å². The van der Waals surface area contributed by atoms with Crippen molar-refractivity contribution in [1.82, 2.24) is 15.6 Å². The van der Waals surface area contributed by atoms with Crippen molar-refractivity contribution in [2.75, 3.05) is 20.2 Å². The summed E-state index contributed by atoms with van der Waals surface area (Å²) < 4.78 is 5.42. The zero-order valence-corrected chi connectivity index (χ0v) is 12.7. The van der Waals surface area contributed by atoms with Crippen LogP contribution in [0.3, 0.4) is 0 Å². The summed E-state index contributed by atoms with van der Waals surface area (Å²) in [5, 5.41) is 16.5. The molecule has 0 aromatic carbocycles. The Hall–Kier alpha value is -1.67. The van der Waals surface area contributed by atoms with Gasteiger partial charge >= 0.3 is 12.0 Å². The Morgan fingerprint density at radius 2 is 2.24 bits per heavy atom. The molecule has 0 saturated heterocycles. The second-order valence-corrected chi connectivity index (χ2v) is 5.97. The number of aromatic carboxylic acids is 1. The smallest absolute Gasteiger partial charge is 0.355 e. The first kappa shape index (κ1) is 15.7. The molecular formula is C13H19N3O4S. The first-order valence-electron chi connectivity index (χ1n) is 6.79. The molecule has 0 spiro atoms. The number of methoxy groups -OCH3 is 1. The largest absolute Gasteiger partial charge is 0.476 e. The molecule has 1 aliphatic rings. The molecule has 3 N–H and O–H groups in total. The van der Waals surface area contributed by atoms with E-state index in [1.54, 1.807) is 7.11 Å². The Balaban J connectivity index is 1.65. The van der Waals surface area contributed by atoms with Gasteiger partial charge in [-0.2, -0.15) is 0 Å². The predicted octanol–water partition coefficient (Wildman–Crippen LogP) is 1.25. The third-order valence-electron chi connectivity index (χ3n) is 3.66. The Labute approximate surface area is 126 Å². The standard InChI is InChI=1S/C13H19N3O4S/c1-20-13(4-2-5-13)8-15-12(19)14-6-3-10-16-9(7-21-10)11(17)18/h7H,2-6,8H2,1H3,(H,17,18)(H2,14,15,19). The Morgan fingerprint density at radius 1 is 1.48 bits per heavy atom. The maximum Gasteiger partial charge on any atom is 0.355 e. The van der Waals surface area contributed by atoms with Crippen LogP contribution in [0.2, 0.25) is 0 Å². The highest BCUT2D eigenvalue weighted by Crippen LogP contribution is 2.34. The molecule has 1 heterocycles.